The molecule has 6 rings (SSSR count). The van der Waals surface area contributed by atoms with Crippen molar-refractivity contribution >= 4 is 28.9 Å². The second-order valence-corrected chi connectivity index (χ2v) is 11.2. The zero-order valence-corrected chi connectivity index (χ0v) is 25.7. The SMILES string of the molecule is CCOCCOCCOC(=O)Cc1ccc(C2=CN=C([C@@H]3CCc4cc(-c5cc(Cl)ccc5-n5cnnn5)cc(=O)n43)C2)cc1. The number of ether oxygens (including phenoxy) is 3. The maximum absolute atomic E-state index is 13.5. The minimum atomic E-state index is -0.294. The van der Waals surface area contributed by atoms with Gasteiger partial charge in [0.1, 0.15) is 12.9 Å². The van der Waals surface area contributed by atoms with Gasteiger partial charge in [-0.05, 0) is 76.7 Å². The molecular weight excluding hydrogens is 596 g/mol. The van der Waals surface area contributed by atoms with Crippen molar-refractivity contribution in [3.8, 4) is 16.8 Å². The fraction of sp³-hybridized carbons (Fsp3) is 0.333. The summed E-state index contributed by atoms with van der Waals surface area (Å²) in [6.07, 6.45) is 5.79. The van der Waals surface area contributed by atoms with Crippen LogP contribution in [0.5, 0.6) is 0 Å². The Morgan fingerprint density at radius 2 is 1.82 bits per heavy atom. The third-order valence-corrected chi connectivity index (χ3v) is 8.12. The van der Waals surface area contributed by atoms with Gasteiger partial charge in [0.05, 0.1) is 38.0 Å². The molecule has 0 bridgehead atoms. The van der Waals surface area contributed by atoms with Crippen molar-refractivity contribution in [2.45, 2.75) is 38.6 Å². The Bertz CT molecular complexity index is 1780. The van der Waals surface area contributed by atoms with Gasteiger partial charge in [0.2, 0.25) is 0 Å². The fourth-order valence-electron chi connectivity index (χ4n) is 5.74. The summed E-state index contributed by atoms with van der Waals surface area (Å²) in [5.74, 6) is -0.294. The van der Waals surface area contributed by atoms with Crippen LogP contribution in [0.15, 0.2) is 76.9 Å². The molecule has 0 saturated heterocycles. The van der Waals surface area contributed by atoms with Crippen LogP contribution in [0, 0.1) is 0 Å². The Hall–Kier alpha value is -4.45. The molecule has 232 valence electrons. The number of pyridine rings is 1. The molecule has 0 amide bonds. The number of rotatable bonds is 13. The molecule has 12 heteroatoms. The van der Waals surface area contributed by atoms with E-state index in [4.69, 9.17) is 30.8 Å². The van der Waals surface area contributed by atoms with Gasteiger partial charge in [-0.2, -0.15) is 4.68 Å². The van der Waals surface area contributed by atoms with Crippen LogP contribution < -0.4 is 5.56 Å². The molecule has 4 aromatic rings. The quantitative estimate of drug-likeness (QED) is 0.155. The van der Waals surface area contributed by atoms with E-state index in [2.05, 4.69) is 15.5 Å². The van der Waals surface area contributed by atoms with Crippen molar-refractivity contribution in [2.24, 2.45) is 4.99 Å². The topological polar surface area (TPSA) is 123 Å². The van der Waals surface area contributed by atoms with Crippen molar-refractivity contribution in [1.29, 1.82) is 0 Å². The number of esters is 1. The highest BCUT2D eigenvalue weighted by atomic mass is 35.5. The fourth-order valence-corrected chi connectivity index (χ4v) is 5.91. The molecule has 2 aromatic carbocycles. The summed E-state index contributed by atoms with van der Waals surface area (Å²) in [6.45, 7) is 4.15. The Kier molecular flexibility index (Phi) is 9.58. The number of aromatic nitrogens is 5. The van der Waals surface area contributed by atoms with Gasteiger partial charge in [-0.1, -0.05) is 35.9 Å². The number of carbonyl (C=O) groups excluding carboxylic acids is 1. The second kappa shape index (κ2) is 14.1. The van der Waals surface area contributed by atoms with Gasteiger partial charge in [-0.15, -0.1) is 5.10 Å². The van der Waals surface area contributed by atoms with Gasteiger partial charge < -0.3 is 18.8 Å². The predicted molar refractivity (Wildman–Crippen MR) is 170 cm³/mol. The summed E-state index contributed by atoms with van der Waals surface area (Å²) in [6, 6.07) is 16.9. The highest BCUT2D eigenvalue weighted by Crippen LogP contribution is 2.36. The third-order valence-electron chi connectivity index (χ3n) is 7.88. The van der Waals surface area contributed by atoms with Crippen molar-refractivity contribution in [1.82, 2.24) is 24.8 Å². The van der Waals surface area contributed by atoms with Crippen LogP contribution >= 0.6 is 11.6 Å². The molecule has 0 aliphatic carbocycles. The first-order valence-corrected chi connectivity index (χ1v) is 15.3. The number of benzene rings is 2. The molecule has 11 nitrogen and oxygen atoms in total. The zero-order chi connectivity index (χ0) is 31.2. The summed E-state index contributed by atoms with van der Waals surface area (Å²) >= 11 is 6.34. The van der Waals surface area contributed by atoms with Gasteiger partial charge in [-0.25, -0.2) is 0 Å². The predicted octanol–water partition coefficient (Wildman–Crippen LogP) is 4.66. The minimum Gasteiger partial charge on any atom is -0.463 e. The summed E-state index contributed by atoms with van der Waals surface area (Å²) in [5.41, 5.74) is 7.09. The van der Waals surface area contributed by atoms with Crippen LogP contribution in [-0.4, -0.2) is 69.5 Å². The van der Waals surface area contributed by atoms with E-state index in [9.17, 15) is 9.59 Å². The Morgan fingerprint density at radius 3 is 2.62 bits per heavy atom. The van der Waals surface area contributed by atoms with Crippen molar-refractivity contribution < 1.29 is 19.0 Å². The molecule has 0 N–H and O–H groups in total. The molecule has 2 aromatic heterocycles. The van der Waals surface area contributed by atoms with E-state index in [1.807, 2.05) is 60.2 Å². The summed E-state index contributed by atoms with van der Waals surface area (Å²) in [5, 5.41) is 12.1. The van der Waals surface area contributed by atoms with E-state index < -0.39 is 0 Å². The molecule has 0 saturated carbocycles. The van der Waals surface area contributed by atoms with Crippen LogP contribution in [0.4, 0.5) is 0 Å². The zero-order valence-electron chi connectivity index (χ0n) is 24.9. The third kappa shape index (κ3) is 7.11. The molecule has 45 heavy (non-hydrogen) atoms. The summed E-state index contributed by atoms with van der Waals surface area (Å²) in [7, 11) is 0. The average molecular weight is 629 g/mol. The lowest BCUT2D eigenvalue weighted by Crippen LogP contribution is -2.27. The highest BCUT2D eigenvalue weighted by molar-refractivity contribution is 6.31. The smallest absolute Gasteiger partial charge is 0.310 e. The monoisotopic (exact) mass is 628 g/mol. The molecule has 0 spiro atoms. The normalized spacial score (nSPS) is 15.6. The van der Waals surface area contributed by atoms with E-state index in [1.165, 1.54) is 6.33 Å². The van der Waals surface area contributed by atoms with Gasteiger partial charge >= 0.3 is 5.97 Å². The first-order valence-electron chi connectivity index (χ1n) is 14.9. The van der Waals surface area contributed by atoms with E-state index in [-0.39, 0.29) is 30.6 Å². The molecule has 0 unspecified atom stereocenters. The number of hydrogen-bond acceptors (Lipinski definition) is 9. The number of tetrazole rings is 1. The largest absolute Gasteiger partial charge is 0.463 e. The van der Waals surface area contributed by atoms with Gasteiger partial charge in [0, 0.05) is 47.3 Å². The summed E-state index contributed by atoms with van der Waals surface area (Å²) < 4.78 is 19.3. The maximum Gasteiger partial charge on any atom is 0.310 e. The number of allylic oxidation sites excluding steroid dienone is 1. The lowest BCUT2D eigenvalue weighted by atomic mass is 9.97. The number of halogens is 1. The standard InChI is InChI=1S/C33H33ClN6O5/c1-2-43-11-12-44-13-14-45-33(42)15-22-3-5-23(6-4-22)25-17-29(35-20-25)31-10-8-27-16-24(18-32(41)40(27)31)28-19-26(34)7-9-30(28)39-21-36-37-38-39/h3-7,9,16,18-21,31H,2,8,10-15,17H2,1H3/t31-/m0/s1. The number of aliphatic imine (C=N–C) groups is 1. The molecule has 1 atom stereocenters. The lowest BCUT2D eigenvalue weighted by Gasteiger charge is -2.17. The van der Waals surface area contributed by atoms with Crippen LogP contribution in [0.2, 0.25) is 5.02 Å². The molecule has 4 heterocycles. The summed E-state index contributed by atoms with van der Waals surface area (Å²) in [4.78, 5) is 30.5. The van der Waals surface area contributed by atoms with E-state index in [0.717, 1.165) is 57.8 Å². The van der Waals surface area contributed by atoms with E-state index in [1.54, 1.807) is 16.8 Å². The molecule has 2 aliphatic heterocycles. The van der Waals surface area contributed by atoms with E-state index >= 15 is 0 Å². The minimum absolute atomic E-state index is 0.0860. The first kappa shape index (κ1) is 30.6. The Balaban J connectivity index is 1.07. The van der Waals surface area contributed by atoms with Gasteiger partial charge in [-0.3, -0.25) is 14.6 Å². The molecule has 0 fully saturated rings. The highest BCUT2D eigenvalue weighted by Gasteiger charge is 2.30. The van der Waals surface area contributed by atoms with Crippen molar-refractivity contribution in [3.63, 3.8) is 0 Å². The maximum atomic E-state index is 13.5. The lowest BCUT2D eigenvalue weighted by molar-refractivity contribution is -0.144. The number of hydrogen-bond donors (Lipinski definition) is 0. The molecular formula is C33H33ClN6O5. The molecule has 0 radical (unpaired) electrons. The number of aryl methyl sites for hydroxylation is 1. The van der Waals surface area contributed by atoms with Gasteiger partial charge in [0.25, 0.3) is 5.56 Å². The number of fused-ring (bicyclic) bond motifs is 1. The Labute approximate surface area is 265 Å². The van der Waals surface area contributed by atoms with Crippen molar-refractivity contribution in [2.75, 3.05) is 33.0 Å². The van der Waals surface area contributed by atoms with Crippen LogP contribution in [0.3, 0.4) is 0 Å². The van der Waals surface area contributed by atoms with Crippen molar-refractivity contribution in [3.05, 3.63) is 99.3 Å². The second-order valence-electron chi connectivity index (χ2n) is 10.8. The van der Waals surface area contributed by atoms with Gasteiger partial charge in [0.15, 0.2) is 0 Å². The molecule has 2 aliphatic rings. The van der Waals surface area contributed by atoms with Crippen LogP contribution in [0.1, 0.15) is 42.6 Å². The van der Waals surface area contributed by atoms with Crippen LogP contribution in [0.25, 0.3) is 22.4 Å². The van der Waals surface area contributed by atoms with E-state index in [0.29, 0.717) is 37.9 Å². The average Bonchev–Trinajstić information content (AvgIpc) is 3.83. The number of carbonyl (C=O) groups is 1. The Morgan fingerprint density at radius 1 is 1.00 bits per heavy atom. The number of nitrogens with zero attached hydrogens (tertiary/aromatic N) is 6. The van der Waals surface area contributed by atoms with Crippen LogP contribution in [-0.2, 0) is 31.8 Å². The first-order chi connectivity index (χ1) is 22.0.